The van der Waals surface area contributed by atoms with Gasteiger partial charge in [-0.2, -0.15) is 4.72 Å². The van der Waals surface area contributed by atoms with Crippen molar-refractivity contribution < 1.29 is 18.0 Å². The van der Waals surface area contributed by atoms with Crippen molar-refractivity contribution in [3.05, 3.63) is 113 Å². The molecule has 11 nitrogen and oxygen atoms in total. The zero-order valence-electron chi connectivity index (χ0n) is 25.9. The summed E-state index contributed by atoms with van der Waals surface area (Å²) in [7, 11) is -4.20. The fourth-order valence-electron chi connectivity index (χ4n) is 5.74. The van der Waals surface area contributed by atoms with Gasteiger partial charge >= 0.3 is 0 Å². The Morgan fingerprint density at radius 2 is 1.38 bits per heavy atom. The van der Waals surface area contributed by atoms with Crippen molar-refractivity contribution in [1.29, 1.82) is 10.8 Å². The molecule has 1 saturated heterocycles. The van der Waals surface area contributed by atoms with E-state index in [1.165, 1.54) is 6.07 Å². The third kappa shape index (κ3) is 8.40. The van der Waals surface area contributed by atoms with Gasteiger partial charge in [0.25, 0.3) is 0 Å². The number of rotatable bonds is 12. The van der Waals surface area contributed by atoms with Gasteiger partial charge in [-0.1, -0.05) is 72.8 Å². The van der Waals surface area contributed by atoms with E-state index in [1.54, 1.807) is 65.6 Å². The molecule has 0 spiro atoms. The number of carbonyl (C=O) groups is 2. The van der Waals surface area contributed by atoms with Crippen LogP contribution in [0, 0.1) is 10.8 Å². The molecule has 4 aromatic carbocycles. The molecule has 244 valence electrons. The van der Waals surface area contributed by atoms with Gasteiger partial charge in [0, 0.05) is 30.6 Å². The van der Waals surface area contributed by atoms with E-state index in [0.29, 0.717) is 29.8 Å². The highest BCUT2D eigenvalue weighted by Gasteiger charge is 2.32. The van der Waals surface area contributed by atoms with E-state index in [9.17, 15) is 18.0 Å². The maximum atomic E-state index is 14.1. The summed E-state index contributed by atoms with van der Waals surface area (Å²) in [5.41, 5.74) is 13.6. The number of benzene rings is 4. The lowest BCUT2D eigenvalue weighted by atomic mass is 10.00. The topological polar surface area (TPSA) is 195 Å². The number of carbonyl (C=O) groups excluding carboxylic acids is 2. The molecule has 12 heteroatoms. The normalized spacial score (nSPS) is 14.7. The fourth-order valence-corrected chi connectivity index (χ4v) is 6.97. The Morgan fingerprint density at radius 3 is 2.06 bits per heavy atom. The second-order valence-corrected chi connectivity index (χ2v) is 13.5. The van der Waals surface area contributed by atoms with Gasteiger partial charge in [-0.25, -0.2) is 8.42 Å². The first-order valence-electron chi connectivity index (χ1n) is 15.5. The summed E-state index contributed by atoms with van der Waals surface area (Å²) in [6, 6.07) is 23.4. The number of fused-ring (bicyclic) bond motifs is 1. The number of piperidine rings is 1. The number of nitrogens with two attached hydrogens (primary N) is 2. The molecule has 1 fully saturated rings. The standard InChI is InChI=1S/C35H39N7O4S/c36-32(37)26-13-11-23(12-14-26)20-31(35(44)42-17-4-1-5-18-42)40-34(43)30(21-24-7-6-10-28(19-24)33(38)39)41-47(45,46)29-16-15-25-8-2-3-9-27(25)22-29/h2-3,6-16,19,22,30-31,41H,1,4-5,17-18,20-21H2,(H3,36,37)(H3,38,39)(H,40,43)/t30-,31+/m0/s1. The predicted octanol–water partition coefficient (Wildman–Crippen LogP) is 3.04. The number of amides is 2. The molecule has 0 radical (unpaired) electrons. The highest BCUT2D eigenvalue weighted by atomic mass is 32.2. The smallest absolute Gasteiger partial charge is 0.245 e. The number of sulfonamides is 1. The number of amidine groups is 2. The van der Waals surface area contributed by atoms with E-state index in [1.807, 2.05) is 24.3 Å². The quantitative estimate of drug-likeness (QED) is 0.100. The van der Waals surface area contributed by atoms with E-state index < -0.39 is 28.0 Å². The molecule has 8 N–H and O–H groups in total. The van der Waals surface area contributed by atoms with Gasteiger partial charge in [-0.05, 0) is 65.8 Å². The summed E-state index contributed by atoms with van der Waals surface area (Å²) >= 11 is 0. The fraction of sp³-hybridized carbons (Fsp3) is 0.257. The average Bonchev–Trinajstić information content (AvgIpc) is 3.07. The Balaban J connectivity index is 1.46. The summed E-state index contributed by atoms with van der Waals surface area (Å²) in [6.45, 7) is 1.15. The van der Waals surface area contributed by atoms with Crippen LogP contribution in [0.5, 0.6) is 0 Å². The highest BCUT2D eigenvalue weighted by Crippen LogP contribution is 2.20. The van der Waals surface area contributed by atoms with Crippen molar-refractivity contribution in [2.75, 3.05) is 13.1 Å². The van der Waals surface area contributed by atoms with Gasteiger partial charge in [0.15, 0.2) is 0 Å². The molecular formula is C35H39N7O4S. The van der Waals surface area contributed by atoms with Crippen molar-refractivity contribution in [2.45, 2.75) is 49.1 Å². The Hall–Kier alpha value is -5.07. The molecule has 0 aromatic heterocycles. The number of hydrogen-bond acceptors (Lipinski definition) is 6. The zero-order chi connectivity index (χ0) is 33.6. The monoisotopic (exact) mass is 653 g/mol. The Labute approximate surface area is 274 Å². The van der Waals surface area contributed by atoms with Gasteiger partial charge in [0.05, 0.1) is 4.90 Å². The molecule has 1 aliphatic heterocycles. The predicted molar refractivity (Wildman–Crippen MR) is 183 cm³/mol. The number of nitrogens with one attached hydrogen (secondary N) is 4. The summed E-state index contributed by atoms with van der Waals surface area (Å²) < 4.78 is 30.1. The molecule has 4 aromatic rings. The third-order valence-electron chi connectivity index (χ3n) is 8.31. The van der Waals surface area contributed by atoms with Crippen LogP contribution in [0.1, 0.15) is 41.5 Å². The van der Waals surface area contributed by atoms with E-state index in [0.717, 1.165) is 35.6 Å². The number of hydrogen-bond donors (Lipinski definition) is 6. The first kappa shape index (κ1) is 33.3. The number of nitrogen functional groups attached to an aromatic ring is 2. The molecular weight excluding hydrogens is 614 g/mol. The van der Waals surface area contributed by atoms with Crippen molar-refractivity contribution in [3.63, 3.8) is 0 Å². The summed E-state index contributed by atoms with van der Waals surface area (Å²) in [5.74, 6) is -1.16. The largest absolute Gasteiger partial charge is 0.384 e. The van der Waals surface area contributed by atoms with E-state index in [-0.39, 0.29) is 35.3 Å². The van der Waals surface area contributed by atoms with Crippen LogP contribution in [0.15, 0.2) is 95.9 Å². The van der Waals surface area contributed by atoms with Crippen LogP contribution >= 0.6 is 0 Å². The molecule has 0 bridgehead atoms. The average molecular weight is 654 g/mol. The Bertz CT molecular complexity index is 1900. The van der Waals surface area contributed by atoms with Crippen LogP contribution in [0.4, 0.5) is 0 Å². The molecule has 0 unspecified atom stereocenters. The van der Waals surface area contributed by atoms with Gasteiger partial charge in [-0.15, -0.1) is 0 Å². The van der Waals surface area contributed by atoms with E-state index in [4.69, 9.17) is 22.3 Å². The van der Waals surface area contributed by atoms with Gasteiger partial charge in [-0.3, -0.25) is 20.4 Å². The maximum Gasteiger partial charge on any atom is 0.245 e. The van der Waals surface area contributed by atoms with Crippen LogP contribution in [0.3, 0.4) is 0 Å². The zero-order valence-corrected chi connectivity index (χ0v) is 26.7. The molecule has 47 heavy (non-hydrogen) atoms. The lowest BCUT2D eigenvalue weighted by Crippen LogP contribution is -2.56. The van der Waals surface area contributed by atoms with E-state index >= 15 is 0 Å². The molecule has 2 atom stereocenters. The molecule has 1 heterocycles. The minimum absolute atomic E-state index is 0.00186. The van der Waals surface area contributed by atoms with Crippen LogP contribution in [0.2, 0.25) is 0 Å². The third-order valence-corrected chi connectivity index (χ3v) is 9.78. The van der Waals surface area contributed by atoms with Gasteiger partial charge in [0.1, 0.15) is 23.8 Å². The van der Waals surface area contributed by atoms with Gasteiger partial charge in [0.2, 0.25) is 21.8 Å². The minimum atomic E-state index is -4.20. The lowest BCUT2D eigenvalue weighted by molar-refractivity contribution is -0.137. The molecule has 2 amide bonds. The summed E-state index contributed by atoms with van der Waals surface area (Å²) in [6.07, 6.45) is 2.84. The maximum absolute atomic E-state index is 14.1. The number of likely N-dealkylation sites (tertiary alicyclic amines) is 1. The van der Waals surface area contributed by atoms with Crippen LogP contribution in [-0.4, -0.2) is 62.0 Å². The van der Waals surface area contributed by atoms with Crippen molar-refractivity contribution in [1.82, 2.24) is 14.9 Å². The second kappa shape index (κ2) is 14.6. The molecule has 1 aliphatic rings. The van der Waals surface area contributed by atoms with Crippen LogP contribution in [0.25, 0.3) is 10.8 Å². The SMILES string of the molecule is N=C(N)c1ccc(C[C@@H](NC(=O)[C@H](Cc2cccc(C(=N)N)c2)NS(=O)(=O)c2ccc3ccccc3c2)C(=O)N2CCCCC2)cc1. The Kier molecular flexibility index (Phi) is 10.3. The molecule has 5 rings (SSSR count). The Morgan fingerprint density at radius 1 is 0.723 bits per heavy atom. The summed E-state index contributed by atoms with van der Waals surface area (Å²) in [5, 5.41) is 20.0. The van der Waals surface area contributed by atoms with E-state index in [2.05, 4.69) is 10.0 Å². The van der Waals surface area contributed by atoms with Crippen molar-refractivity contribution in [3.8, 4) is 0 Å². The van der Waals surface area contributed by atoms with Crippen molar-refractivity contribution in [2.24, 2.45) is 11.5 Å². The first-order valence-corrected chi connectivity index (χ1v) is 17.0. The lowest BCUT2D eigenvalue weighted by Gasteiger charge is -2.31. The highest BCUT2D eigenvalue weighted by molar-refractivity contribution is 7.89. The van der Waals surface area contributed by atoms with Crippen LogP contribution < -0.4 is 21.5 Å². The first-order chi connectivity index (χ1) is 22.5. The molecule has 0 saturated carbocycles. The number of nitrogens with zero attached hydrogens (tertiary/aromatic N) is 1. The van der Waals surface area contributed by atoms with Gasteiger partial charge < -0.3 is 21.7 Å². The minimum Gasteiger partial charge on any atom is -0.384 e. The van der Waals surface area contributed by atoms with Crippen LogP contribution in [-0.2, 0) is 32.5 Å². The molecule has 0 aliphatic carbocycles. The summed E-state index contributed by atoms with van der Waals surface area (Å²) in [4.78, 5) is 29.7. The van der Waals surface area contributed by atoms with Crippen molar-refractivity contribution >= 4 is 44.3 Å². The second-order valence-electron chi connectivity index (χ2n) is 11.8.